The zero-order valence-corrected chi connectivity index (χ0v) is 21.0. The van der Waals surface area contributed by atoms with Gasteiger partial charge in [-0.05, 0) is 48.9 Å². The molecule has 0 spiro atoms. The first kappa shape index (κ1) is 22.8. The van der Waals surface area contributed by atoms with Crippen LogP contribution in [0.5, 0.6) is 5.75 Å². The monoisotopic (exact) mass is 496 g/mol. The number of nitrogens with zero attached hydrogens (tertiary/aromatic N) is 3. The van der Waals surface area contributed by atoms with Gasteiger partial charge in [0.25, 0.3) is 5.91 Å². The van der Waals surface area contributed by atoms with Crippen molar-refractivity contribution in [2.75, 3.05) is 26.0 Å². The molecule has 0 aliphatic carbocycles. The third kappa shape index (κ3) is 3.40. The summed E-state index contributed by atoms with van der Waals surface area (Å²) in [5, 5.41) is 3.90. The average Bonchev–Trinajstić information content (AvgIpc) is 3.47. The number of aromatic nitrogens is 2. The predicted molar refractivity (Wildman–Crippen MR) is 143 cm³/mol. The minimum Gasteiger partial charge on any atom is -0.470 e. The fourth-order valence-corrected chi connectivity index (χ4v) is 4.97. The van der Waals surface area contributed by atoms with Crippen molar-refractivity contribution in [3.8, 4) is 28.4 Å². The lowest BCUT2D eigenvalue weighted by Crippen LogP contribution is -2.18. The fraction of sp³-hybridized carbons (Fsp3) is 0.172. The number of nitrogens with one attached hydrogen (secondary N) is 1. The molecular weight excluding hydrogens is 471 g/mol. The van der Waals surface area contributed by atoms with Crippen molar-refractivity contribution < 1.29 is 18.3 Å². The van der Waals surface area contributed by atoms with Gasteiger partial charge in [-0.3, -0.25) is 4.79 Å². The molecule has 1 aliphatic heterocycles. The normalized spacial score (nSPS) is 12.2. The summed E-state index contributed by atoms with van der Waals surface area (Å²) in [5.41, 5.74) is 6.23. The maximum absolute atomic E-state index is 14.5. The third-order valence-corrected chi connectivity index (χ3v) is 6.75. The van der Waals surface area contributed by atoms with Crippen LogP contribution < -0.4 is 15.0 Å². The van der Waals surface area contributed by atoms with Crippen molar-refractivity contribution in [2.24, 2.45) is 0 Å². The molecule has 5 aromatic rings. The second kappa shape index (κ2) is 8.23. The number of benzene rings is 2. The smallest absolute Gasteiger partial charge is 0.255 e. The second-order valence-corrected chi connectivity index (χ2v) is 9.37. The van der Waals surface area contributed by atoms with Crippen LogP contribution in [0.1, 0.15) is 23.0 Å². The largest absolute Gasteiger partial charge is 0.470 e. The summed E-state index contributed by atoms with van der Waals surface area (Å²) in [6.07, 6.45) is 0. The fourth-order valence-electron chi connectivity index (χ4n) is 4.97. The number of carbonyl (C=O) groups is 1. The van der Waals surface area contributed by atoms with E-state index in [1.807, 2.05) is 66.9 Å². The highest BCUT2D eigenvalue weighted by Gasteiger charge is 2.26. The molecule has 0 fully saturated rings. The number of anilines is 1. The quantitative estimate of drug-likeness (QED) is 0.327. The van der Waals surface area contributed by atoms with Crippen LogP contribution in [0.15, 0.2) is 59.5 Å². The summed E-state index contributed by atoms with van der Waals surface area (Å²) in [6, 6.07) is 14.4. The first-order valence-corrected chi connectivity index (χ1v) is 11.9. The van der Waals surface area contributed by atoms with Crippen molar-refractivity contribution in [1.29, 1.82) is 0 Å². The minimum absolute atomic E-state index is 0.251. The number of furan rings is 1. The number of fused-ring (bicyclic) bond motifs is 6. The summed E-state index contributed by atoms with van der Waals surface area (Å²) in [4.78, 5) is 19.8. The SMILES string of the molecule is C=C(C)c1oc2cc(N(C)C)c(-c3ccc4c(n3)-c3cc5c(F)cccc5n3CO4)cc2c1C(=O)NC. The molecule has 2 aromatic carbocycles. The van der Waals surface area contributed by atoms with Gasteiger partial charge in [-0.25, -0.2) is 9.37 Å². The molecule has 8 heteroatoms. The molecule has 1 aliphatic rings. The van der Waals surface area contributed by atoms with Crippen LogP contribution in [0.3, 0.4) is 0 Å². The second-order valence-electron chi connectivity index (χ2n) is 9.37. The summed E-state index contributed by atoms with van der Waals surface area (Å²) >= 11 is 0. The summed E-state index contributed by atoms with van der Waals surface area (Å²) in [6.45, 7) is 6.08. The third-order valence-electron chi connectivity index (χ3n) is 6.75. The molecule has 0 saturated carbocycles. The Labute approximate surface area is 212 Å². The van der Waals surface area contributed by atoms with E-state index in [9.17, 15) is 9.18 Å². The van der Waals surface area contributed by atoms with E-state index >= 15 is 0 Å². The Morgan fingerprint density at radius 2 is 1.97 bits per heavy atom. The van der Waals surface area contributed by atoms with Crippen LogP contribution in [-0.2, 0) is 6.73 Å². The lowest BCUT2D eigenvalue weighted by molar-refractivity contribution is 0.0963. The minimum atomic E-state index is -0.285. The van der Waals surface area contributed by atoms with Crippen molar-refractivity contribution in [3.05, 3.63) is 72.3 Å². The van der Waals surface area contributed by atoms with E-state index in [0.29, 0.717) is 50.4 Å². The van der Waals surface area contributed by atoms with E-state index in [-0.39, 0.29) is 18.5 Å². The maximum atomic E-state index is 14.5. The molecule has 3 aromatic heterocycles. The Hall–Kier alpha value is -4.59. The highest BCUT2D eigenvalue weighted by molar-refractivity contribution is 6.11. The van der Waals surface area contributed by atoms with E-state index in [1.54, 1.807) is 13.1 Å². The standard InChI is InChI=1S/C29H25FN4O3/c1-15(2)28-26(29(35)31-3)18-11-17(22(33(4)5)13-25(18)37-28)20-9-10-24-27(32-20)23-12-16-19(30)7-6-8-21(16)34(23)14-36-24/h6-13H,1,14H2,2-5H3,(H,31,35). The number of hydrogen-bond donors (Lipinski definition) is 1. The topological polar surface area (TPSA) is 72.5 Å². The van der Waals surface area contributed by atoms with Gasteiger partial charge < -0.3 is 23.9 Å². The Kier molecular flexibility index (Phi) is 5.08. The van der Waals surface area contributed by atoms with Crippen LogP contribution in [-0.4, -0.2) is 36.6 Å². The van der Waals surface area contributed by atoms with Gasteiger partial charge in [-0.15, -0.1) is 0 Å². The lowest BCUT2D eigenvalue weighted by atomic mass is 10.0. The van der Waals surface area contributed by atoms with E-state index in [4.69, 9.17) is 14.1 Å². The van der Waals surface area contributed by atoms with Gasteiger partial charge in [0, 0.05) is 49.2 Å². The molecule has 0 saturated heterocycles. The molecule has 4 heterocycles. The Morgan fingerprint density at radius 1 is 1.16 bits per heavy atom. The number of allylic oxidation sites excluding steroid dienone is 1. The molecule has 1 amide bonds. The van der Waals surface area contributed by atoms with Crippen LogP contribution in [0, 0.1) is 5.82 Å². The molecule has 7 nitrogen and oxygen atoms in total. The number of hydrogen-bond acceptors (Lipinski definition) is 5. The Balaban J connectivity index is 1.60. The Morgan fingerprint density at radius 3 is 2.70 bits per heavy atom. The molecule has 186 valence electrons. The van der Waals surface area contributed by atoms with Crippen molar-refractivity contribution in [1.82, 2.24) is 14.9 Å². The van der Waals surface area contributed by atoms with Crippen molar-refractivity contribution in [2.45, 2.75) is 13.7 Å². The van der Waals surface area contributed by atoms with Crippen LogP contribution in [0.25, 0.3) is 50.1 Å². The number of ether oxygens (including phenoxy) is 1. The van der Waals surface area contributed by atoms with Crippen LogP contribution in [0.4, 0.5) is 10.1 Å². The zero-order valence-electron chi connectivity index (χ0n) is 21.0. The molecule has 6 rings (SSSR count). The van der Waals surface area contributed by atoms with E-state index in [1.165, 1.54) is 6.07 Å². The molecule has 37 heavy (non-hydrogen) atoms. The van der Waals surface area contributed by atoms with Gasteiger partial charge >= 0.3 is 0 Å². The van der Waals surface area contributed by atoms with E-state index < -0.39 is 0 Å². The zero-order chi connectivity index (χ0) is 26.0. The van der Waals surface area contributed by atoms with Gasteiger partial charge in [0.2, 0.25) is 0 Å². The van der Waals surface area contributed by atoms with Crippen molar-refractivity contribution in [3.63, 3.8) is 0 Å². The highest BCUT2D eigenvalue weighted by atomic mass is 19.1. The Bertz CT molecular complexity index is 1760. The summed E-state index contributed by atoms with van der Waals surface area (Å²) < 4.78 is 28.5. The highest BCUT2D eigenvalue weighted by Crippen LogP contribution is 2.42. The number of rotatable bonds is 4. The van der Waals surface area contributed by atoms with Gasteiger partial charge in [0.1, 0.15) is 28.6 Å². The van der Waals surface area contributed by atoms with E-state index in [2.05, 4.69) is 11.9 Å². The molecule has 0 unspecified atom stereocenters. The van der Waals surface area contributed by atoms with Gasteiger partial charge in [0.05, 0.1) is 22.5 Å². The van der Waals surface area contributed by atoms with Crippen LogP contribution >= 0.6 is 0 Å². The van der Waals surface area contributed by atoms with Gasteiger partial charge in [-0.1, -0.05) is 12.6 Å². The van der Waals surface area contributed by atoms with E-state index in [0.717, 1.165) is 22.5 Å². The van der Waals surface area contributed by atoms with Crippen molar-refractivity contribution >= 4 is 39.0 Å². The lowest BCUT2D eigenvalue weighted by Gasteiger charge is -2.22. The summed E-state index contributed by atoms with van der Waals surface area (Å²) in [7, 11) is 5.47. The molecule has 0 atom stereocenters. The molecule has 0 radical (unpaired) electrons. The van der Waals surface area contributed by atoms with Gasteiger partial charge in [0.15, 0.2) is 6.73 Å². The number of halogens is 1. The average molecular weight is 497 g/mol. The summed E-state index contributed by atoms with van der Waals surface area (Å²) in [5.74, 6) is 0.548. The van der Waals surface area contributed by atoms with Crippen LogP contribution in [0.2, 0.25) is 0 Å². The first-order chi connectivity index (χ1) is 17.8. The maximum Gasteiger partial charge on any atom is 0.255 e. The number of carbonyl (C=O) groups excluding carboxylic acids is 1. The molecule has 0 bridgehead atoms. The van der Waals surface area contributed by atoms with Gasteiger partial charge in [-0.2, -0.15) is 0 Å². The molecule has 1 N–H and O–H groups in total. The number of pyridine rings is 1. The predicted octanol–water partition coefficient (Wildman–Crippen LogP) is 6.06. The molecular formula is C29H25FN4O3. The first-order valence-electron chi connectivity index (χ1n) is 11.9. The number of amides is 1.